The van der Waals surface area contributed by atoms with Crippen LogP contribution in [0.5, 0.6) is 0 Å². The molecule has 2 rings (SSSR count). The highest BCUT2D eigenvalue weighted by atomic mass is 16.1. The van der Waals surface area contributed by atoms with Gasteiger partial charge in [0.1, 0.15) is 0 Å². The van der Waals surface area contributed by atoms with E-state index in [1.54, 1.807) is 12.4 Å². The van der Waals surface area contributed by atoms with Crippen LogP contribution in [0.4, 0.5) is 0 Å². The summed E-state index contributed by atoms with van der Waals surface area (Å²) in [7, 11) is 0. The van der Waals surface area contributed by atoms with Crippen molar-refractivity contribution in [2.24, 2.45) is 0 Å². The maximum Gasteiger partial charge on any atom is 0.152 e. The van der Waals surface area contributed by atoms with Gasteiger partial charge in [0.2, 0.25) is 0 Å². The van der Waals surface area contributed by atoms with Crippen molar-refractivity contribution < 1.29 is 4.79 Å². The minimum absolute atomic E-state index is 0.628. The first-order chi connectivity index (χ1) is 7.31. The maximum absolute atomic E-state index is 10.8. The van der Waals surface area contributed by atoms with Crippen LogP contribution in [0.2, 0.25) is 0 Å². The van der Waals surface area contributed by atoms with Crippen molar-refractivity contribution in [3.05, 3.63) is 53.9 Å². The van der Waals surface area contributed by atoms with Crippen LogP contribution in [0.15, 0.2) is 42.7 Å². The highest BCUT2D eigenvalue weighted by molar-refractivity contribution is 5.86. The van der Waals surface area contributed by atoms with Gasteiger partial charge in [-0.15, -0.1) is 0 Å². The fourth-order valence-electron chi connectivity index (χ4n) is 1.58. The summed E-state index contributed by atoms with van der Waals surface area (Å²) >= 11 is 0. The average Bonchev–Trinajstić information content (AvgIpc) is 2.29. The lowest BCUT2D eigenvalue weighted by atomic mass is 10.0. The first-order valence-electron chi connectivity index (χ1n) is 4.77. The summed E-state index contributed by atoms with van der Waals surface area (Å²) in [5, 5.41) is 0. The molecule has 0 aliphatic carbocycles. The van der Waals surface area contributed by atoms with Gasteiger partial charge in [-0.1, -0.05) is 29.8 Å². The molecule has 0 fully saturated rings. The van der Waals surface area contributed by atoms with Gasteiger partial charge in [0.25, 0.3) is 0 Å². The summed E-state index contributed by atoms with van der Waals surface area (Å²) in [6.07, 6.45) is 4.12. The SMILES string of the molecule is Cc1cccc(-c2ccncc2C=O)c1. The Balaban J connectivity index is 2.58. The van der Waals surface area contributed by atoms with Crippen LogP contribution < -0.4 is 0 Å². The molecule has 0 saturated heterocycles. The Morgan fingerprint density at radius 3 is 2.87 bits per heavy atom. The third kappa shape index (κ3) is 1.94. The van der Waals surface area contributed by atoms with Gasteiger partial charge in [-0.25, -0.2) is 0 Å². The predicted molar refractivity (Wildman–Crippen MR) is 59.8 cm³/mol. The zero-order valence-electron chi connectivity index (χ0n) is 8.47. The van der Waals surface area contributed by atoms with Crippen molar-refractivity contribution in [1.29, 1.82) is 0 Å². The van der Waals surface area contributed by atoms with Crippen LogP contribution in [0, 0.1) is 6.92 Å². The largest absolute Gasteiger partial charge is 0.298 e. The molecule has 0 aliphatic heterocycles. The number of carbonyl (C=O) groups excluding carboxylic acids is 1. The van der Waals surface area contributed by atoms with E-state index in [9.17, 15) is 4.79 Å². The molecule has 1 heterocycles. The molecule has 0 bridgehead atoms. The van der Waals surface area contributed by atoms with Gasteiger partial charge < -0.3 is 0 Å². The van der Waals surface area contributed by atoms with Crippen molar-refractivity contribution in [1.82, 2.24) is 4.98 Å². The highest BCUT2D eigenvalue weighted by Crippen LogP contribution is 2.22. The van der Waals surface area contributed by atoms with Crippen LogP contribution >= 0.6 is 0 Å². The second-order valence-corrected chi connectivity index (χ2v) is 3.45. The summed E-state index contributed by atoms with van der Waals surface area (Å²) in [5.41, 5.74) is 3.80. The summed E-state index contributed by atoms with van der Waals surface area (Å²) in [5.74, 6) is 0. The number of benzene rings is 1. The second kappa shape index (κ2) is 4.05. The van der Waals surface area contributed by atoms with Crippen molar-refractivity contribution in [2.45, 2.75) is 6.92 Å². The lowest BCUT2D eigenvalue weighted by molar-refractivity contribution is 0.112. The zero-order chi connectivity index (χ0) is 10.7. The molecule has 74 valence electrons. The number of aryl methyl sites for hydroxylation is 1. The van der Waals surface area contributed by atoms with E-state index in [2.05, 4.69) is 11.1 Å². The molecule has 1 aromatic carbocycles. The number of hydrogen-bond acceptors (Lipinski definition) is 2. The Bertz CT molecular complexity index is 491. The molecular formula is C13H11NO. The van der Waals surface area contributed by atoms with Crippen molar-refractivity contribution in [3.63, 3.8) is 0 Å². The number of aldehydes is 1. The molecule has 0 spiro atoms. The predicted octanol–water partition coefficient (Wildman–Crippen LogP) is 2.87. The molecule has 2 aromatic rings. The van der Waals surface area contributed by atoms with Gasteiger partial charge in [0.05, 0.1) is 0 Å². The van der Waals surface area contributed by atoms with Gasteiger partial charge in [0.15, 0.2) is 6.29 Å². The summed E-state index contributed by atoms with van der Waals surface area (Å²) in [6, 6.07) is 9.93. The fraction of sp³-hybridized carbons (Fsp3) is 0.0769. The topological polar surface area (TPSA) is 30.0 Å². The molecule has 0 unspecified atom stereocenters. The van der Waals surface area contributed by atoms with Crippen LogP contribution in [-0.2, 0) is 0 Å². The molecule has 0 atom stereocenters. The van der Waals surface area contributed by atoms with Crippen LogP contribution in [0.3, 0.4) is 0 Å². The monoisotopic (exact) mass is 197 g/mol. The van der Waals surface area contributed by atoms with Gasteiger partial charge in [-0.05, 0) is 24.1 Å². The van der Waals surface area contributed by atoms with Crippen molar-refractivity contribution >= 4 is 6.29 Å². The number of nitrogens with zero attached hydrogens (tertiary/aromatic N) is 1. The third-order valence-corrected chi connectivity index (χ3v) is 2.31. The van der Waals surface area contributed by atoms with E-state index in [4.69, 9.17) is 0 Å². The van der Waals surface area contributed by atoms with Gasteiger partial charge in [0, 0.05) is 18.0 Å². The van der Waals surface area contributed by atoms with Crippen molar-refractivity contribution in [3.8, 4) is 11.1 Å². The number of pyridine rings is 1. The number of hydrogen-bond donors (Lipinski definition) is 0. The lowest BCUT2D eigenvalue weighted by Gasteiger charge is -2.04. The van der Waals surface area contributed by atoms with E-state index < -0.39 is 0 Å². The van der Waals surface area contributed by atoms with Crippen LogP contribution in [0.1, 0.15) is 15.9 Å². The van der Waals surface area contributed by atoms with Gasteiger partial charge >= 0.3 is 0 Å². The second-order valence-electron chi connectivity index (χ2n) is 3.45. The highest BCUT2D eigenvalue weighted by Gasteiger charge is 2.03. The van der Waals surface area contributed by atoms with E-state index in [0.717, 1.165) is 17.4 Å². The van der Waals surface area contributed by atoms with Crippen LogP contribution in [-0.4, -0.2) is 11.3 Å². The molecule has 2 nitrogen and oxygen atoms in total. The van der Waals surface area contributed by atoms with Crippen LogP contribution in [0.25, 0.3) is 11.1 Å². The number of aromatic nitrogens is 1. The Morgan fingerprint density at radius 1 is 1.27 bits per heavy atom. The third-order valence-electron chi connectivity index (χ3n) is 2.31. The maximum atomic E-state index is 10.8. The summed E-state index contributed by atoms with van der Waals surface area (Å²) < 4.78 is 0. The zero-order valence-corrected chi connectivity index (χ0v) is 8.47. The molecule has 0 amide bonds. The fourth-order valence-corrected chi connectivity index (χ4v) is 1.58. The van der Waals surface area contributed by atoms with E-state index in [1.807, 2.05) is 31.2 Å². The summed E-state index contributed by atoms with van der Waals surface area (Å²) in [4.78, 5) is 14.8. The minimum atomic E-state index is 0.628. The molecule has 0 radical (unpaired) electrons. The molecule has 15 heavy (non-hydrogen) atoms. The molecule has 1 aromatic heterocycles. The quantitative estimate of drug-likeness (QED) is 0.693. The lowest BCUT2D eigenvalue weighted by Crippen LogP contribution is -1.88. The molecule has 0 saturated carbocycles. The standard InChI is InChI=1S/C13H11NO/c1-10-3-2-4-11(7-10)13-5-6-14-8-12(13)9-15/h2-9H,1H3. The van der Waals surface area contributed by atoms with Gasteiger partial charge in [-0.3, -0.25) is 9.78 Å². The Kier molecular flexibility index (Phi) is 2.59. The molecule has 0 N–H and O–H groups in total. The molecule has 2 heteroatoms. The van der Waals surface area contributed by atoms with E-state index >= 15 is 0 Å². The number of rotatable bonds is 2. The van der Waals surface area contributed by atoms with E-state index in [0.29, 0.717) is 5.56 Å². The Labute approximate surface area is 88.6 Å². The first-order valence-corrected chi connectivity index (χ1v) is 4.77. The normalized spacial score (nSPS) is 9.93. The first kappa shape index (κ1) is 9.59. The summed E-state index contributed by atoms with van der Waals surface area (Å²) in [6.45, 7) is 2.03. The van der Waals surface area contributed by atoms with E-state index in [-0.39, 0.29) is 0 Å². The Morgan fingerprint density at radius 2 is 2.13 bits per heavy atom. The smallest absolute Gasteiger partial charge is 0.152 e. The van der Waals surface area contributed by atoms with Gasteiger partial charge in [-0.2, -0.15) is 0 Å². The Hall–Kier alpha value is -1.96. The molecular weight excluding hydrogens is 186 g/mol. The average molecular weight is 197 g/mol. The number of carbonyl (C=O) groups is 1. The molecule has 0 aliphatic rings. The minimum Gasteiger partial charge on any atom is -0.298 e. The van der Waals surface area contributed by atoms with Crippen molar-refractivity contribution in [2.75, 3.05) is 0 Å². The van der Waals surface area contributed by atoms with E-state index in [1.165, 1.54) is 5.56 Å².